The van der Waals surface area contributed by atoms with Crippen LogP contribution in [-0.4, -0.2) is 51.7 Å². The van der Waals surface area contributed by atoms with Gasteiger partial charge in [0.1, 0.15) is 6.10 Å². The van der Waals surface area contributed by atoms with Gasteiger partial charge < -0.3 is 19.7 Å². The van der Waals surface area contributed by atoms with E-state index in [1.54, 1.807) is 27.2 Å². The van der Waals surface area contributed by atoms with Crippen molar-refractivity contribution < 1.29 is 34.1 Å². The number of carboxylic acid groups (broad SMARTS) is 1. The third kappa shape index (κ3) is 6.74. The first kappa shape index (κ1) is 46.0. The average molecular weight is 861 g/mol. The van der Waals surface area contributed by atoms with Crippen LogP contribution in [0.3, 0.4) is 0 Å². The molecule has 9 atom stereocenters. The van der Waals surface area contributed by atoms with Gasteiger partial charge in [-0.2, -0.15) is 0 Å². The van der Waals surface area contributed by atoms with Crippen molar-refractivity contribution in [3.63, 3.8) is 0 Å². The SMILES string of the molecule is CCC1=C(Cc2ccc(OC)nc2)C(=O)C(Cl)=C(C23CCC4(C)C(O)(CCC5C6(C)CCC(OC(=O)CC(C)(C)C(=O)O)C(C)(C)C6CCC54C)C2=C(C(C)C)C(CC)C3)C1. The minimum Gasteiger partial charge on any atom is -0.481 e. The molecule has 6 aliphatic rings. The molecule has 2 N–H and O–H groups in total. The Kier molecular flexibility index (Phi) is 11.8. The van der Waals surface area contributed by atoms with Gasteiger partial charge in [-0.25, -0.2) is 4.98 Å². The molecule has 1 heterocycles. The maximum atomic E-state index is 14.7. The van der Waals surface area contributed by atoms with E-state index in [1.165, 1.54) is 11.1 Å². The van der Waals surface area contributed by atoms with E-state index in [0.29, 0.717) is 47.9 Å². The number of carboxylic acids is 1. The third-order valence-electron chi connectivity index (χ3n) is 18.7. The zero-order valence-electron chi connectivity index (χ0n) is 39.3. The Labute approximate surface area is 370 Å². The van der Waals surface area contributed by atoms with Gasteiger partial charge in [-0.3, -0.25) is 14.4 Å². The van der Waals surface area contributed by atoms with Crippen LogP contribution in [0.5, 0.6) is 5.88 Å². The molecule has 0 amide bonds. The number of ketones is 1. The van der Waals surface area contributed by atoms with Gasteiger partial charge in [0.2, 0.25) is 11.7 Å². The summed E-state index contributed by atoms with van der Waals surface area (Å²) in [6.45, 7) is 24.1. The molecule has 1 aromatic rings. The van der Waals surface area contributed by atoms with Crippen molar-refractivity contribution in [2.45, 2.75) is 178 Å². The first-order valence-electron chi connectivity index (χ1n) is 23.5. The lowest BCUT2D eigenvalue weighted by Gasteiger charge is -2.74. The number of allylic oxidation sites excluding steroid dienone is 5. The van der Waals surface area contributed by atoms with Gasteiger partial charge >= 0.3 is 11.9 Å². The van der Waals surface area contributed by atoms with Crippen molar-refractivity contribution in [3.05, 3.63) is 56.8 Å². The summed E-state index contributed by atoms with van der Waals surface area (Å²) in [4.78, 5) is 44.2. The summed E-state index contributed by atoms with van der Waals surface area (Å²) in [5, 5.41) is 24.2. The van der Waals surface area contributed by atoms with Gasteiger partial charge in [0, 0.05) is 40.5 Å². The van der Waals surface area contributed by atoms with E-state index in [-0.39, 0.29) is 40.5 Å². The topological polar surface area (TPSA) is 123 Å². The van der Waals surface area contributed by atoms with Gasteiger partial charge in [-0.05, 0) is 142 Å². The highest BCUT2D eigenvalue weighted by Crippen LogP contribution is 2.79. The molecular weight excluding hydrogens is 786 g/mol. The lowest BCUT2D eigenvalue weighted by atomic mass is 9.31. The molecule has 61 heavy (non-hydrogen) atoms. The predicted octanol–water partition coefficient (Wildman–Crippen LogP) is 11.8. The van der Waals surface area contributed by atoms with Crippen LogP contribution in [0.4, 0.5) is 0 Å². The quantitative estimate of drug-likeness (QED) is 0.167. The standard InChI is InChI=1S/C52H74ClNO7/c1-13-32-26-35(42(53)43(56)34(32)25-31-15-16-39(60-12)54-29-31)51-24-23-50(11)49(10)21-17-36-47(7,8)38(61-40(55)28-46(5,6)45(57)58)19-20-48(36,9)37(49)18-22-52(50,59)44(51)41(30(3)4)33(14-2)27-51/h15-16,29-30,33,36-38,59H,13-14,17-28H2,1-12H3,(H,57,58). The van der Waals surface area contributed by atoms with Gasteiger partial charge in [0.05, 0.1) is 29.6 Å². The Bertz CT molecular complexity index is 2060. The fourth-order valence-corrected chi connectivity index (χ4v) is 15.6. The van der Waals surface area contributed by atoms with E-state index in [4.69, 9.17) is 21.1 Å². The van der Waals surface area contributed by atoms with Crippen LogP contribution in [0.1, 0.15) is 165 Å². The summed E-state index contributed by atoms with van der Waals surface area (Å²) in [6, 6.07) is 3.81. The maximum Gasteiger partial charge on any atom is 0.309 e. The summed E-state index contributed by atoms with van der Waals surface area (Å²) < 4.78 is 11.5. The fourth-order valence-electron chi connectivity index (χ4n) is 15.3. The van der Waals surface area contributed by atoms with E-state index in [2.05, 4.69) is 67.3 Å². The number of aromatic nitrogens is 1. The number of hydrogen-bond acceptors (Lipinski definition) is 7. The van der Waals surface area contributed by atoms with Crippen molar-refractivity contribution in [3.8, 4) is 5.88 Å². The Morgan fingerprint density at radius 2 is 1.67 bits per heavy atom. The molecule has 0 saturated heterocycles. The lowest BCUT2D eigenvalue weighted by Crippen LogP contribution is -2.71. The molecule has 0 spiro atoms. The van der Waals surface area contributed by atoms with E-state index in [9.17, 15) is 24.6 Å². The number of aliphatic hydroxyl groups is 1. The van der Waals surface area contributed by atoms with Crippen molar-refractivity contribution in [2.24, 2.45) is 56.2 Å². The molecular formula is C52H74ClNO7. The largest absolute Gasteiger partial charge is 0.481 e. The summed E-state index contributed by atoms with van der Waals surface area (Å²) in [5.74, 6) is 0.220. The second-order valence-electron chi connectivity index (χ2n) is 22.5. The molecule has 0 aliphatic heterocycles. The first-order valence-corrected chi connectivity index (χ1v) is 23.8. The van der Waals surface area contributed by atoms with Crippen molar-refractivity contribution in [1.82, 2.24) is 4.98 Å². The Morgan fingerprint density at radius 3 is 2.26 bits per heavy atom. The highest BCUT2D eigenvalue weighted by molar-refractivity contribution is 6.46. The Balaban J connectivity index is 1.25. The number of methoxy groups -OCH3 is 1. The highest BCUT2D eigenvalue weighted by atomic mass is 35.5. The summed E-state index contributed by atoms with van der Waals surface area (Å²) >= 11 is 7.48. The molecule has 1 aromatic heterocycles. The number of Topliss-reactive ketones (excluding diaryl/α,β-unsaturated/α-hetero) is 1. The molecule has 0 bridgehead atoms. The molecule has 336 valence electrons. The van der Waals surface area contributed by atoms with Crippen LogP contribution in [0.15, 0.2) is 51.2 Å². The number of hydrogen-bond donors (Lipinski definition) is 2. The highest BCUT2D eigenvalue weighted by Gasteiger charge is 2.75. The third-order valence-corrected chi connectivity index (χ3v) is 19.1. The van der Waals surface area contributed by atoms with Crippen LogP contribution in [-0.2, 0) is 25.5 Å². The number of carbonyl (C=O) groups excluding carboxylic acids is 2. The van der Waals surface area contributed by atoms with Crippen LogP contribution in [0, 0.1) is 56.2 Å². The van der Waals surface area contributed by atoms with E-state index < -0.39 is 33.8 Å². The molecule has 4 saturated carbocycles. The predicted molar refractivity (Wildman–Crippen MR) is 240 cm³/mol. The maximum absolute atomic E-state index is 14.7. The molecule has 6 aliphatic carbocycles. The van der Waals surface area contributed by atoms with E-state index in [1.807, 2.05) is 12.1 Å². The zero-order chi connectivity index (χ0) is 44.9. The summed E-state index contributed by atoms with van der Waals surface area (Å²) in [5.41, 5.74) is 2.83. The number of carbonyl (C=O) groups is 3. The smallest absolute Gasteiger partial charge is 0.309 e. The normalized spacial score (nSPS) is 37.3. The molecule has 0 aromatic carbocycles. The number of pyridine rings is 1. The Morgan fingerprint density at radius 1 is 0.984 bits per heavy atom. The van der Waals surface area contributed by atoms with Gasteiger partial charge in [-0.1, -0.05) is 91.1 Å². The number of nitrogens with zero attached hydrogens (tertiary/aromatic N) is 1. The van der Waals surface area contributed by atoms with Crippen LogP contribution >= 0.6 is 11.6 Å². The van der Waals surface area contributed by atoms with E-state index in [0.717, 1.165) is 86.5 Å². The monoisotopic (exact) mass is 860 g/mol. The van der Waals surface area contributed by atoms with Crippen LogP contribution in [0.2, 0.25) is 0 Å². The van der Waals surface area contributed by atoms with Gasteiger partial charge in [0.15, 0.2) is 0 Å². The molecule has 8 nitrogen and oxygen atoms in total. The molecule has 7 rings (SSSR count). The van der Waals surface area contributed by atoms with E-state index >= 15 is 0 Å². The second-order valence-corrected chi connectivity index (χ2v) is 22.9. The molecule has 9 unspecified atom stereocenters. The van der Waals surface area contributed by atoms with Gasteiger partial charge in [-0.15, -0.1) is 0 Å². The average Bonchev–Trinajstić information content (AvgIpc) is 3.56. The van der Waals surface area contributed by atoms with Crippen LogP contribution < -0.4 is 4.74 Å². The number of esters is 1. The molecule has 0 radical (unpaired) electrons. The zero-order valence-corrected chi connectivity index (χ0v) is 40.0. The number of halogens is 1. The van der Waals surface area contributed by atoms with Crippen molar-refractivity contribution in [1.29, 1.82) is 0 Å². The number of aliphatic carboxylic acids is 1. The number of rotatable bonds is 11. The summed E-state index contributed by atoms with van der Waals surface area (Å²) in [7, 11) is 1.60. The molecule has 9 heteroatoms. The summed E-state index contributed by atoms with van der Waals surface area (Å²) in [6.07, 6.45) is 11.9. The van der Waals surface area contributed by atoms with Crippen LogP contribution in [0.25, 0.3) is 0 Å². The van der Waals surface area contributed by atoms with Crippen molar-refractivity contribution >= 4 is 29.3 Å². The van der Waals surface area contributed by atoms with Gasteiger partial charge in [0.25, 0.3) is 0 Å². The fraction of sp³-hybridized carbons (Fsp3) is 0.731. The number of ether oxygens (including phenoxy) is 2. The minimum absolute atomic E-state index is 0.0340. The second kappa shape index (κ2) is 15.6. The lowest BCUT2D eigenvalue weighted by molar-refractivity contribution is -0.268. The first-order chi connectivity index (χ1) is 28.4. The minimum atomic E-state index is -1.19. The van der Waals surface area contributed by atoms with Crippen molar-refractivity contribution in [2.75, 3.05) is 7.11 Å². The Hall–Kier alpha value is -2.97. The molecule has 4 fully saturated rings. The number of fused-ring (bicyclic) bond motifs is 7.